The van der Waals surface area contributed by atoms with E-state index in [2.05, 4.69) is 0 Å². The number of benzene rings is 2. The van der Waals surface area contributed by atoms with E-state index in [1.807, 2.05) is 0 Å². The van der Waals surface area contributed by atoms with Gasteiger partial charge < -0.3 is 23.7 Å². The normalized spacial score (nSPS) is 14.1. The van der Waals surface area contributed by atoms with Crippen molar-refractivity contribution < 1.29 is 33.3 Å². The number of ketones is 1. The second-order valence-corrected chi connectivity index (χ2v) is 7.52. The quantitative estimate of drug-likeness (QED) is 0.450. The van der Waals surface area contributed by atoms with Crippen molar-refractivity contribution in [3.05, 3.63) is 52.2 Å². The Bertz CT molecular complexity index is 1040. The number of allylic oxidation sites excluding steroid dienone is 1. The predicted molar refractivity (Wildman–Crippen MR) is 115 cm³/mol. The van der Waals surface area contributed by atoms with Gasteiger partial charge in [-0.25, -0.2) is 4.79 Å². The van der Waals surface area contributed by atoms with Crippen LogP contribution in [0.15, 0.2) is 36.1 Å². The van der Waals surface area contributed by atoms with E-state index in [0.29, 0.717) is 22.8 Å². The lowest BCUT2D eigenvalue weighted by Gasteiger charge is -2.24. The minimum absolute atomic E-state index is 0.101. The van der Waals surface area contributed by atoms with Gasteiger partial charge in [0.15, 0.2) is 17.1 Å². The molecule has 0 fully saturated rings. The summed E-state index contributed by atoms with van der Waals surface area (Å²) < 4.78 is 27.0. The van der Waals surface area contributed by atoms with E-state index in [0.717, 1.165) is 0 Å². The summed E-state index contributed by atoms with van der Waals surface area (Å²) in [5, 5.41) is 0.194. The standard InChI is InChI=1S/C23H23ClO7/c1-6-29-22(26)23(2,3)31-14-9-7-13(8-10-14)11-17-20(25)18-15(27-4)12-16(28-5)19(24)21(18)30-17/h7-12H,6H2,1-5H3. The van der Waals surface area contributed by atoms with E-state index in [-0.39, 0.29) is 34.5 Å². The second kappa shape index (κ2) is 8.89. The Morgan fingerprint density at radius 3 is 2.35 bits per heavy atom. The summed E-state index contributed by atoms with van der Waals surface area (Å²) in [5.74, 6) is 0.641. The summed E-state index contributed by atoms with van der Waals surface area (Å²) in [5.41, 5.74) is -0.190. The topological polar surface area (TPSA) is 80.3 Å². The van der Waals surface area contributed by atoms with Crippen LogP contribution < -0.4 is 18.9 Å². The molecule has 164 valence electrons. The number of rotatable bonds is 7. The lowest BCUT2D eigenvalue weighted by Crippen LogP contribution is -2.39. The summed E-state index contributed by atoms with van der Waals surface area (Å²) in [6.45, 7) is 5.28. The zero-order valence-corrected chi connectivity index (χ0v) is 18.7. The van der Waals surface area contributed by atoms with Crippen LogP contribution in [0.25, 0.3) is 6.08 Å². The highest BCUT2D eigenvalue weighted by molar-refractivity contribution is 6.35. The summed E-state index contributed by atoms with van der Waals surface area (Å²) in [6.07, 6.45) is 1.59. The van der Waals surface area contributed by atoms with Crippen molar-refractivity contribution in [3.63, 3.8) is 0 Å². The molecule has 1 aliphatic heterocycles. The Morgan fingerprint density at radius 1 is 1.13 bits per heavy atom. The largest absolute Gasteiger partial charge is 0.496 e. The summed E-state index contributed by atoms with van der Waals surface area (Å²) in [6, 6.07) is 8.40. The third-order valence-electron chi connectivity index (χ3n) is 4.57. The van der Waals surface area contributed by atoms with Crippen LogP contribution in [0, 0.1) is 0 Å². The molecule has 0 N–H and O–H groups in total. The number of esters is 1. The van der Waals surface area contributed by atoms with Crippen molar-refractivity contribution in [3.8, 4) is 23.0 Å². The number of halogens is 1. The molecule has 1 heterocycles. The molecule has 0 spiro atoms. The van der Waals surface area contributed by atoms with Gasteiger partial charge in [0.1, 0.15) is 27.8 Å². The third-order valence-corrected chi connectivity index (χ3v) is 4.93. The first-order chi connectivity index (χ1) is 14.7. The van der Waals surface area contributed by atoms with Crippen molar-refractivity contribution in [2.24, 2.45) is 0 Å². The van der Waals surface area contributed by atoms with E-state index in [9.17, 15) is 9.59 Å². The molecule has 0 aromatic heterocycles. The first kappa shape index (κ1) is 22.5. The molecule has 2 aromatic carbocycles. The molecule has 8 heteroatoms. The highest BCUT2D eigenvalue weighted by Crippen LogP contribution is 2.48. The first-order valence-electron chi connectivity index (χ1n) is 9.56. The van der Waals surface area contributed by atoms with E-state index >= 15 is 0 Å². The lowest BCUT2D eigenvalue weighted by atomic mass is 10.1. The predicted octanol–water partition coefficient (Wildman–Crippen LogP) is 4.69. The number of methoxy groups -OCH3 is 2. The smallest absolute Gasteiger partial charge is 0.349 e. The van der Waals surface area contributed by atoms with E-state index in [1.54, 1.807) is 57.2 Å². The summed E-state index contributed by atoms with van der Waals surface area (Å²) >= 11 is 6.31. The molecule has 7 nitrogen and oxygen atoms in total. The molecule has 0 unspecified atom stereocenters. The van der Waals surface area contributed by atoms with Gasteiger partial charge in [0, 0.05) is 6.07 Å². The Morgan fingerprint density at radius 2 is 1.77 bits per heavy atom. The van der Waals surface area contributed by atoms with Crippen LogP contribution in [0.1, 0.15) is 36.7 Å². The van der Waals surface area contributed by atoms with Gasteiger partial charge in [-0.05, 0) is 44.5 Å². The van der Waals surface area contributed by atoms with Crippen LogP contribution in [0.5, 0.6) is 23.0 Å². The number of hydrogen-bond acceptors (Lipinski definition) is 7. The number of hydrogen-bond donors (Lipinski definition) is 0. The molecule has 0 bridgehead atoms. The van der Waals surface area contributed by atoms with Crippen molar-refractivity contribution >= 4 is 29.4 Å². The van der Waals surface area contributed by atoms with Crippen LogP contribution in [0.2, 0.25) is 5.02 Å². The van der Waals surface area contributed by atoms with Gasteiger partial charge in [-0.2, -0.15) is 0 Å². The Balaban J connectivity index is 1.84. The third kappa shape index (κ3) is 4.46. The number of carbonyl (C=O) groups excluding carboxylic acids is 2. The average Bonchev–Trinajstić information content (AvgIpc) is 3.07. The maximum Gasteiger partial charge on any atom is 0.349 e. The number of Topliss-reactive ketones (excluding diaryl/α,β-unsaturated/α-hetero) is 1. The molecule has 0 saturated heterocycles. The summed E-state index contributed by atoms with van der Waals surface area (Å²) in [4.78, 5) is 24.9. The van der Waals surface area contributed by atoms with Gasteiger partial charge in [0.2, 0.25) is 5.78 Å². The zero-order valence-electron chi connectivity index (χ0n) is 17.9. The van der Waals surface area contributed by atoms with Crippen LogP contribution in [0.3, 0.4) is 0 Å². The molecule has 0 atom stereocenters. The second-order valence-electron chi connectivity index (χ2n) is 7.14. The Labute approximate surface area is 185 Å². The number of ether oxygens (including phenoxy) is 5. The molecule has 0 saturated carbocycles. The number of carbonyl (C=O) groups is 2. The van der Waals surface area contributed by atoms with E-state index in [4.69, 9.17) is 35.3 Å². The monoisotopic (exact) mass is 446 g/mol. The van der Waals surface area contributed by atoms with Crippen molar-refractivity contribution in [2.75, 3.05) is 20.8 Å². The maximum atomic E-state index is 12.9. The SMILES string of the molecule is CCOC(=O)C(C)(C)Oc1ccc(C=C2Oc3c(Cl)c(OC)cc(OC)c3C2=O)cc1. The highest BCUT2D eigenvalue weighted by atomic mass is 35.5. The fourth-order valence-corrected chi connectivity index (χ4v) is 3.27. The van der Waals surface area contributed by atoms with Crippen molar-refractivity contribution in [1.82, 2.24) is 0 Å². The maximum absolute atomic E-state index is 12.9. The van der Waals surface area contributed by atoms with Gasteiger partial charge in [0.05, 0.1) is 20.8 Å². The lowest BCUT2D eigenvalue weighted by molar-refractivity contribution is -0.158. The number of fused-ring (bicyclic) bond motifs is 1. The minimum atomic E-state index is -1.13. The fourth-order valence-electron chi connectivity index (χ4n) is 3.01. The molecule has 0 radical (unpaired) electrons. The molecule has 0 aliphatic carbocycles. The van der Waals surface area contributed by atoms with E-state index < -0.39 is 11.6 Å². The van der Waals surface area contributed by atoms with E-state index in [1.165, 1.54) is 14.2 Å². The van der Waals surface area contributed by atoms with Gasteiger partial charge in [-0.3, -0.25) is 4.79 Å². The minimum Gasteiger partial charge on any atom is -0.496 e. The highest BCUT2D eigenvalue weighted by Gasteiger charge is 2.35. The van der Waals surface area contributed by atoms with Crippen LogP contribution in [0.4, 0.5) is 0 Å². The van der Waals surface area contributed by atoms with Crippen molar-refractivity contribution in [2.45, 2.75) is 26.4 Å². The molecular formula is C23H23ClO7. The van der Waals surface area contributed by atoms with Gasteiger partial charge >= 0.3 is 5.97 Å². The van der Waals surface area contributed by atoms with Crippen LogP contribution in [-0.2, 0) is 9.53 Å². The van der Waals surface area contributed by atoms with Gasteiger partial charge in [-0.1, -0.05) is 23.7 Å². The Kier molecular flexibility index (Phi) is 6.45. The molecule has 2 aromatic rings. The molecule has 31 heavy (non-hydrogen) atoms. The molecule has 0 amide bonds. The van der Waals surface area contributed by atoms with Gasteiger partial charge in [0.25, 0.3) is 0 Å². The van der Waals surface area contributed by atoms with Crippen molar-refractivity contribution in [1.29, 1.82) is 0 Å². The summed E-state index contributed by atoms with van der Waals surface area (Å²) in [7, 11) is 2.92. The zero-order chi connectivity index (χ0) is 22.8. The van der Waals surface area contributed by atoms with Gasteiger partial charge in [-0.15, -0.1) is 0 Å². The fraction of sp³-hybridized carbons (Fsp3) is 0.304. The van der Waals surface area contributed by atoms with Crippen LogP contribution >= 0.6 is 11.6 Å². The first-order valence-corrected chi connectivity index (χ1v) is 9.94. The van der Waals surface area contributed by atoms with Crippen LogP contribution in [-0.4, -0.2) is 38.2 Å². The molecule has 1 aliphatic rings. The molecular weight excluding hydrogens is 424 g/mol. The Hall–Kier alpha value is -3.19. The average molecular weight is 447 g/mol. The molecule has 3 rings (SSSR count).